The van der Waals surface area contributed by atoms with Gasteiger partial charge in [-0.25, -0.2) is 13.8 Å². The fraction of sp³-hybridized carbons (Fsp3) is 0.154. The van der Waals surface area contributed by atoms with Crippen LogP contribution < -0.4 is 10.1 Å². The molecule has 0 saturated carbocycles. The van der Waals surface area contributed by atoms with Gasteiger partial charge >= 0.3 is 0 Å². The van der Waals surface area contributed by atoms with Crippen LogP contribution in [0.15, 0.2) is 36.5 Å². The molecule has 5 heteroatoms. The van der Waals surface area contributed by atoms with Gasteiger partial charge in [-0.05, 0) is 30.3 Å². The maximum atomic E-state index is 13.3. The van der Waals surface area contributed by atoms with Crippen LogP contribution in [0.3, 0.4) is 0 Å². The van der Waals surface area contributed by atoms with Gasteiger partial charge in [0.15, 0.2) is 0 Å². The van der Waals surface area contributed by atoms with Gasteiger partial charge in [0.25, 0.3) is 0 Å². The molecule has 0 atom stereocenters. The van der Waals surface area contributed by atoms with Crippen LogP contribution >= 0.6 is 0 Å². The minimum atomic E-state index is -0.462. The third kappa shape index (κ3) is 2.94. The van der Waals surface area contributed by atoms with Crippen molar-refractivity contribution in [3.05, 3.63) is 53.7 Å². The second-order valence-electron chi connectivity index (χ2n) is 3.67. The van der Waals surface area contributed by atoms with Gasteiger partial charge in [0, 0.05) is 12.1 Å². The molecule has 1 heterocycles. The van der Waals surface area contributed by atoms with Crippen LogP contribution in [-0.4, -0.2) is 12.1 Å². The van der Waals surface area contributed by atoms with Crippen molar-refractivity contribution in [3.8, 4) is 5.75 Å². The second kappa shape index (κ2) is 5.44. The van der Waals surface area contributed by atoms with Gasteiger partial charge in [-0.1, -0.05) is 0 Å². The average molecular weight is 250 g/mol. The van der Waals surface area contributed by atoms with Crippen LogP contribution in [0.4, 0.5) is 14.6 Å². The first-order chi connectivity index (χ1) is 8.69. The van der Waals surface area contributed by atoms with E-state index in [1.807, 2.05) is 0 Å². The number of halogens is 2. The number of ether oxygens (including phenoxy) is 1. The zero-order valence-corrected chi connectivity index (χ0v) is 9.78. The second-order valence-corrected chi connectivity index (χ2v) is 3.67. The molecule has 2 rings (SSSR count). The number of nitrogens with one attached hydrogen (secondary N) is 1. The van der Waals surface area contributed by atoms with Crippen molar-refractivity contribution in [3.63, 3.8) is 0 Å². The summed E-state index contributed by atoms with van der Waals surface area (Å²) in [6.45, 7) is 0.170. The van der Waals surface area contributed by atoms with E-state index in [4.69, 9.17) is 4.74 Å². The van der Waals surface area contributed by atoms with Crippen LogP contribution in [0.1, 0.15) is 5.56 Å². The fourth-order valence-corrected chi connectivity index (χ4v) is 1.47. The van der Waals surface area contributed by atoms with E-state index in [2.05, 4.69) is 10.3 Å². The topological polar surface area (TPSA) is 34.1 Å². The van der Waals surface area contributed by atoms with Crippen molar-refractivity contribution in [1.82, 2.24) is 4.98 Å². The summed E-state index contributed by atoms with van der Waals surface area (Å²) in [5.41, 5.74) is 0.257. The predicted octanol–water partition coefficient (Wildman–Crippen LogP) is 2.98. The minimum absolute atomic E-state index is 0.170. The summed E-state index contributed by atoms with van der Waals surface area (Å²) in [4.78, 5) is 4.06. The van der Waals surface area contributed by atoms with Crippen LogP contribution in [0.5, 0.6) is 5.75 Å². The number of nitrogens with zero attached hydrogens (tertiary/aromatic N) is 1. The van der Waals surface area contributed by atoms with Crippen LogP contribution in [0, 0.1) is 11.6 Å². The Kier molecular flexibility index (Phi) is 3.72. The lowest BCUT2D eigenvalue weighted by Crippen LogP contribution is -2.03. The molecule has 0 aliphatic heterocycles. The number of aromatic nitrogens is 1. The molecular weight excluding hydrogens is 238 g/mol. The number of hydrogen-bond acceptors (Lipinski definition) is 3. The zero-order valence-electron chi connectivity index (χ0n) is 9.78. The lowest BCUT2D eigenvalue weighted by molar-refractivity contribution is 0.413. The van der Waals surface area contributed by atoms with Gasteiger partial charge in [-0.15, -0.1) is 0 Å². The van der Waals surface area contributed by atoms with Crippen molar-refractivity contribution < 1.29 is 13.5 Å². The Morgan fingerprint density at radius 1 is 1.22 bits per heavy atom. The van der Waals surface area contributed by atoms with Crippen molar-refractivity contribution in [2.24, 2.45) is 0 Å². The smallest absolute Gasteiger partial charge is 0.137 e. The number of rotatable bonds is 4. The molecule has 0 fully saturated rings. The number of hydrogen-bond donors (Lipinski definition) is 1. The highest BCUT2D eigenvalue weighted by molar-refractivity contribution is 5.38. The number of methoxy groups -OCH3 is 1. The third-order valence-electron chi connectivity index (χ3n) is 2.44. The van der Waals surface area contributed by atoms with E-state index >= 15 is 0 Å². The predicted molar refractivity (Wildman–Crippen MR) is 64.5 cm³/mol. The van der Waals surface area contributed by atoms with Crippen LogP contribution in [-0.2, 0) is 6.54 Å². The van der Waals surface area contributed by atoms with E-state index < -0.39 is 11.6 Å². The van der Waals surface area contributed by atoms with E-state index in [1.165, 1.54) is 0 Å². The van der Waals surface area contributed by atoms with Crippen LogP contribution in [0.2, 0.25) is 0 Å². The lowest BCUT2D eigenvalue weighted by Gasteiger charge is -2.07. The normalized spacial score (nSPS) is 10.2. The molecule has 0 amide bonds. The molecule has 0 unspecified atom stereocenters. The molecule has 1 N–H and O–H groups in total. The number of pyridine rings is 1. The van der Waals surface area contributed by atoms with E-state index in [0.29, 0.717) is 11.6 Å². The van der Waals surface area contributed by atoms with Gasteiger partial charge in [0.2, 0.25) is 0 Å². The maximum absolute atomic E-state index is 13.3. The Morgan fingerprint density at radius 3 is 2.72 bits per heavy atom. The minimum Gasteiger partial charge on any atom is -0.495 e. The monoisotopic (exact) mass is 250 g/mol. The molecule has 3 nitrogen and oxygen atoms in total. The molecule has 94 valence electrons. The summed E-state index contributed by atoms with van der Waals surface area (Å²) in [6.07, 6.45) is 1.55. The van der Waals surface area contributed by atoms with Crippen LogP contribution in [0.25, 0.3) is 0 Å². The Labute approximate surface area is 103 Å². The summed E-state index contributed by atoms with van der Waals surface area (Å²) in [7, 11) is 1.55. The zero-order chi connectivity index (χ0) is 13.0. The lowest BCUT2D eigenvalue weighted by atomic mass is 10.2. The molecule has 2 aromatic rings. The Morgan fingerprint density at radius 2 is 2.06 bits per heavy atom. The summed E-state index contributed by atoms with van der Waals surface area (Å²) >= 11 is 0. The number of benzene rings is 1. The molecule has 1 aromatic heterocycles. The first-order valence-electron chi connectivity index (χ1n) is 5.37. The quantitative estimate of drug-likeness (QED) is 0.905. The summed E-state index contributed by atoms with van der Waals surface area (Å²) in [5, 5.41) is 2.91. The van der Waals surface area contributed by atoms with Gasteiger partial charge in [0.05, 0.1) is 13.3 Å². The first kappa shape index (κ1) is 12.3. The van der Waals surface area contributed by atoms with Gasteiger partial charge in [0.1, 0.15) is 23.2 Å². The first-order valence-corrected chi connectivity index (χ1v) is 5.37. The Bertz CT molecular complexity index is 529. The highest BCUT2D eigenvalue weighted by Crippen LogP contribution is 2.14. The highest BCUT2D eigenvalue weighted by atomic mass is 19.1. The third-order valence-corrected chi connectivity index (χ3v) is 2.44. The van der Waals surface area contributed by atoms with E-state index in [0.717, 1.165) is 18.2 Å². The molecule has 0 saturated heterocycles. The van der Waals surface area contributed by atoms with Crippen molar-refractivity contribution >= 4 is 5.82 Å². The number of anilines is 1. The van der Waals surface area contributed by atoms with Gasteiger partial charge < -0.3 is 10.1 Å². The van der Waals surface area contributed by atoms with Gasteiger partial charge in [-0.2, -0.15) is 0 Å². The van der Waals surface area contributed by atoms with Crippen molar-refractivity contribution in [2.45, 2.75) is 6.54 Å². The van der Waals surface area contributed by atoms with E-state index in [1.54, 1.807) is 25.4 Å². The largest absolute Gasteiger partial charge is 0.495 e. The molecule has 0 spiro atoms. The molecule has 18 heavy (non-hydrogen) atoms. The molecule has 0 aliphatic carbocycles. The van der Waals surface area contributed by atoms with E-state index in [-0.39, 0.29) is 12.1 Å². The summed E-state index contributed by atoms with van der Waals surface area (Å²) in [6, 6.07) is 6.79. The average Bonchev–Trinajstić information content (AvgIpc) is 2.40. The molecule has 0 bridgehead atoms. The van der Waals surface area contributed by atoms with Crippen molar-refractivity contribution in [2.75, 3.05) is 12.4 Å². The summed E-state index contributed by atoms with van der Waals surface area (Å²) in [5.74, 6) is 0.297. The van der Waals surface area contributed by atoms with Crippen molar-refractivity contribution in [1.29, 1.82) is 0 Å². The van der Waals surface area contributed by atoms with Gasteiger partial charge in [-0.3, -0.25) is 0 Å². The maximum Gasteiger partial charge on any atom is 0.137 e. The molecule has 0 aliphatic rings. The summed E-state index contributed by atoms with van der Waals surface area (Å²) < 4.78 is 31.3. The Balaban J connectivity index is 2.04. The standard InChI is InChI=1S/C13H12F2N2O/c1-18-11-3-5-13(17-8-11)16-7-9-6-10(14)2-4-12(9)15/h2-6,8H,7H2,1H3,(H,16,17). The van der Waals surface area contributed by atoms with E-state index in [9.17, 15) is 8.78 Å². The highest BCUT2D eigenvalue weighted by Gasteiger charge is 2.04. The SMILES string of the molecule is COc1ccc(NCc2cc(F)ccc2F)nc1. The fourth-order valence-electron chi connectivity index (χ4n) is 1.47. The molecule has 0 radical (unpaired) electrons. The molecular formula is C13H12F2N2O. The molecule has 1 aromatic carbocycles. The Hall–Kier alpha value is -2.17.